The first kappa shape index (κ1) is 13.5. The molecule has 0 fully saturated rings. The van der Waals surface area contributed by atoms with Gasteiger partial charge >= 0.3 is 5.97 Å². The molecule has 0 aliphatic heterocycles. The van der Waals surface area contributed by atoms with Gasteiger partial charge in [0, 0.05) is 30.6 Å². The second kappa shape index (κ2) is 5.78. The second-order valence-electron chi connectivity index (χ2n) is 3.89. The number of nitrogens with zero attached hydrogens (tertiary/aromatic N) is 4. The highest BCUT2D eigenvalue weighted by molar-refractivity contribution is 5.95. The number of nitrogens with one attached hydrogen (secondary N) is 1. The molecule has 1 aromatic heterocycles. The first-order valence-electron chi connectivity index (χ1n) is 5.67. The van der Waals surface area contributed by atoms with Crippen LogP contribution in [0.1, 0.15) is 10.4 Å². The van der Waals surface area contributed by atoms with Gasteiger partial charge in [0.25, 0.3) is 5.69 Å². The van der Waals surface area contributed by atoms with Crippen LogP contribution in [0, 0.1) is 10.1 Å². The van der Waals surface area contributed by atoms with Crippen molar-refractivity contribution in [2.45, 2.75) is 6.54 Å². The average Bonchev–Trinajstić information content (AvgIpc) is 2.91. The molecular formula is C11H11N5O4. The molecule has 0 radical (unpaired) electrons. The van der Waals surface area contributed by atoms with Gasteiger partial charge in [-0.25, -0.2) is 4.79 Å². The monoisotopic (exact) mass is 277 g/mol. The first-order valence-corrected chi connectivity index (χ1v) is 5.67. The molecule has 0 saturated heterocycles. The van der Waals surface area contributed by atoms with Crippen LogP contribution in [-0.4, -0.2) is 37.5 Å². The van der Waals surface area contributed by atoms with Gasteiger partial charge in [-0.05, 0) is 6.07 Å². The third kappa shape index (κ3) is 3.07. The van der Waals surface area contributed by atoms with Crippen LogP contribution in [0.4, 0.5) is 11.4 Å². The van der Waals surface area contributed by atoms with Crippen molar-refractivity contribution in [1.29, 1.82) is 0 Å². The Bertz CT molecular complexity index is 626. The molecule has 9 heteroatoms. The number of aromatic nitrogens is 3. The van der Waals surface area contributed by atoms with Crippen molar-refractivity contribution in [3.05, 3.63) is 46.3 Å². The van der Waals surface area contributed by atoms with E-state index in [0.717, 1.165) is 6.07 Å². The predicted octanol–water partition coefficient (Wildman–Crippen LogP) is 0.997. The number of carbonyl (C=O) groups is 1. The summed E-state index contributed by atoms with van der Waals surface area (Å²) in [7, 11) is 0. The lowest BCUT2D eigenvalue weighted by Gasteiger charge is -2.09. The van der Waals surface area contributed by atoms with Crippen molar-refractivity contribution in [2.24, 2.45) is 0 Å². The van der Waals surface area contributed by atoms with Gasteiger partial charge in [0.1, 0.15) is 0 Å². The number of carboxylic acids is 1. The lowest BCUT2D eigenvalue weighted by molar-refractivity contribution is -0.384. The van der Waals surface area contributed by atoms with Crippen molar-refractivity contribution in [2.75, 3.05) is 11.9 Å². The van der Waals surface area contributed by atoms with Crippen LogP contribution in [0.25, 0.3) is 0 Å². The molecule has 0 spiro atoms. The zero-order valence-corrected chi connectivity index (χ0v) is 10.3. The van der Waals surface area contributed by atoms with Crippen LogP contribution in [0.2, 0.25) is 0 Å². The van der Waals surface area contributed by atoms with E-state index in [4.69, 9.17) is 5.11 Å². The minimum atomic E-state index is -1.23. The van der Waals surface area contributed by atoms with E-state index in [0.29, 0.717) is 18.8 Å². The zero-order valence-electron chi connectivity index (χ0n) is 10.3. The maximum atomic E-state index is 11.1. The van der Waals surface area contributed by atoms with Crippen LogP contribution >= 0.6 is 0 Å². The SMILES string of the molecule is O=C(O)c1cc([N+](=O)[O-])ccc1NCCn1ccnn1. The molecule has 2 rings (SSSR count). The highest BCUT2D eigenvalue weighted by atomic mass is 16.6. The predicted molar refractivity (Wildman–Crippen MR) is 68.6 cm³/mol. The number of hydrogen-bond donors (Lipinski definition) is 2. The van der Waals surface area contributed by atoms with E-state index in [1.54, 1.807) is 10.9 Å². The van der Waals surface area contributed by atoms with E-state index in [2.05, 4.69) is 15.6 Å². The van der Waals surface area contributed by atoms with E-state index in [9.17, 15) is 14.9 Å². The molecular weight excluding hydrogens is 266 g/mol. The molecule has 0 bridgehead atoms. The Morgan fingerprint density at radius 2 is 2.30 bits per heavy atom. The maximum absolute atomic E-state index is 11.1. The van der Waals surface area contributed by atoms with Crippen molar-refractivity contribution in [1.82, 2.24) is 15.0 Å². The van der Waals surface area contributed by atoms with Gasteiger partial charge in [-0.15, -0.1) is 5.10 Å². The third-order valence-corrected chi connectivity index (χ3v) is 2.57. The van der Waals surface area contributed by atoms with E-state index in [1.807, 2.05) is 0 Å². The number of anilines is 1. The summed E-state index contributed by atoms with van der Waals surface area (Å²) in [6, 6.07) is 3.66. The largest absolute Gasteiger partial charge is 0.478 e. The van der Waals surface area contributed by atoms with Crippen LogP contribution in [0.3, 0.4) is 0 Å². The fourth-order valence-electron chi connectivity index (χ4n) is 1.63. The van der Waals surface area contributed by atoms with Crippen LogP contribution < -0.4 is 5.32 Å². The van der Waals surface area contributed by atoms with Crippen LogP contribution in [0.5, 0.6) is 0 Å². The van der Waals surface area contributed by atoms with E-state index in [1.165, 1.54) is 18.3 Å². The summed E-state index contributed by atoms with van der Waals surface area (Å²) in [5, 5.41) is 30.0. The number of nitro benzene ring substituents is 1. The molecule has 0 unspecified atom stereocenters. The Labute approximate surface area is 113 Å². The summed E-state index contributed by atoms with van der Waals surface area (Å²) >= 11 is 0. The van der Waals surface area contributed by atoms with Crippen molar-refractivity contribution in [3.63, 3.8) is 0 Å². The molecule has 0 saturated carbocycles. The summed E-state index contributed by atoms with van der Waals surface area (Å²) < 4.78 is 1.58. The summed E-state index contributed by atoms with van der Waals surface area (Å²) in [5.41, 5.74) is -0.0785. The second-order valence-corrected chi connectivity index (χ2v) is 3.89. The Morgan fingerprint density at radius 1 is 1.50 bits per heavy atom. The third-order valence-electron chi connectivity index (χ3n) is 2.57. The number of nitro groups is 1. The minimum Gasteiger partial charge on any atom is -0.478 e. The molecule has 0 aliphatic carbocycles. The number of hydrogen-bond acceptors (Lipinski definition) is 6. The Balaban J connectivity index is 2.10. The minimum absolute atomic E-state index is 0.141. The molecule has 1 aromatic carbocycles. The lowest BCUT2D eigenvalue weighted by Crippen LogP contribution is -2.13. The standard InChI is InChI=1S/C11H11N5O4/c17-11(18)9-7-8(16(19)20)1-2-10(9)12-3-5-15-6-4-13-14-15/h1-2,4,6-7,12H,3,5H2,(H,17,18). The van der Waals surface area contributed by atoms with Gasteiger partial charge in [-0.2, -0.15) is 0 Å². The number of aromatic carboxylic acids is 1. The summed E-state index contributed by atoms with van der Waals surface area (Å²) in [4.78, 5) is 21.1. The number of non-ortho nitro benzene ring substituents is 1. The van der Waals surface area contributed by atoms with E-state index < -0.39 is 10.9 Å². The van der Waals surface area contributed by atoms with Gasteiger partial charge in [-0.3, -0.25) is 14.8 Å². The highest BCUT2D eigenvalue weighted by Gasteiger charge is 2.15. The zero-order chi connectivity index (χ0) is 14.5. The Morgan fingerprint density at radius 3 is 2.90 bits per heavy atom. The molecule has 20 heavy (non-hydrogen) atoms. The number of benzene rings is 1. The van der Waals surface area contributed by atoms with E-state index >= 15 is 0 Å². The summed E-state index contributed by atoms with van der Waals surface area (Å²) in [6.45, 7) is 0.914. The summed E-state index contributed by atoms with van der Waals surface area (Å²) in [5.74, 6) is -1.23. The molecule has 2 aromatic rings. The van der Waals surface area contributed by atoms with Crippen molar-refractivity contribution in [3.8, 4) is 0 Å². The number of carboxylic acid groups (broad SMARTS) is 1. The van der Waals surface area contributed by atoms with Gasteiger partial charge < -0.3 is 10.4 Å². The molecule has 0 aliphatic rings. The first-order chi connectivity index (χ1) is 9.58. The van der Waals surface area contributed by atoms with Gasteiger partial charge in [-0.1, -0.05) is 5.21 Å². The molecule has 104 valence electrons. The smallest absolute Gasteiger partial charge is 0.338 e. The molecule has 0 atom stereocenters. The molecule has 0 amide bonds. The van der Waals surface area contributed by atoms with Crippen molar-refractivity contribution < 1.29 is 14.8 Å². The normalized spacial score (nSPS) is 10.2. The van der Waals surface area contributed by atoms with Crippen LogP contribution in [0.15, 0.2) is 30.6 Å². The fraction of sp³-hybridized carbons (Fsp3) is 0.182. The topological polar surface area (TPSA) is 123 Å². The Hall–Kier alpha value is -2.97. The van der Waals surface area contributed by atoms with Gasteiger partial charge in [0.2, 0.25) is 0 Å². The molecule has 2 N–H and O–H groups in total. The number of rotatable bonds is 6. The average molecular weight is 277 g/mol. The van der Waals surface area contributed by atoms with Crippen LogP contribution in [-0.2, 0) is 6.54 Å². The Kier molecular flexibility index (Phi) is 3.89. The summed E-state index contributed by atoms with van der Waals surface area (Å²) in [6.07, 6.45) is 3.21. The van der Waals surface area contributed by atoms with E-state index in [-0.39, 0.29) is 11.3 Å². The lowest BCUT2D eigenvalue weighted by atomic mass is 10.1. The van der Waals surface area contributed by atoms with Gasteiger partial charge in [0.05, 0.1) is 23.2 Å². The van der Waals surface area contributed by atoms with Crippen molar-refractivity contribution >= 4 is 17.3 Å². The highest BCUT2D eigenvalue weighted by Crippen LogP contribution is 2.22. The fourth-order valence-corrected chi connectivity index (χ4v) is 1.63. The maximum Gasteiger partial charge on any atom is 0.338 e. The van der Waals surface area contributed by atoms with Gasteiger partial charge in [0.15, 0.2) is 0 Å². The molecule has 1 heterocycles. The molecule has 9 nitrogen and oxygen atoms in total. The quantitative estimate of drug-likeness (QED) is 0.596.